The first-order valence-corrected chi connectivity index (χ1v) is 6.24. The van der Waals surface area contributed by atoms with Gasteiger partial charge in [0, 0.05) is 19.6 Å². The van der Waals surface area contributed by atoms with Gasteiger partial charge in [-0.2, -0.15) is 0 Å². The summed E-state index contributed by atoms with van der Waals surface area (Å²) in [6.07, 6.45) is 2.46. The van der Waals surface area contributed by atoms with Crippen molar-refractivity contribution in [2.24, 2.45) is 11.7 Å². The van der Waals surface area contributed by atoms with Crippen molar-refractivity contribution >= 4 is 0 Å². The molecule has 2 N–H and O–H groups in total. The molecule has 0 aliphatic carbocycles. The highest BCUT2D eigenvalue weighted by molar-refractivity contribution is 5.24. The Hall–Kier alpha value is -0.900. The highest BCUT2D eigenvalue weighted by atomic mass is 16.5. The zero-order chi connectivity index (χ0) is 12.1. The lowest BCUT2D eigenvalue weighted by atomic mass is 9.89. The van der Waals surface area contributed by atoms with Crippen LogP contribution in [0.4, 0.5) is 0 Å². The number of rotatable bonds is 4. The van der Waals surface area contributed by atoms with Gasteiger partial charge in [-0.1, -0.05) is 24.3 Å². The maximum atomic E-state index is 5.86. The smallest absolute Gasteiger partial charge is 0.0865 e. The van der Waals surface area contributed by atoms with Crippen molar-refractivity contribution in [1.82, 2.24) is 0 Å². The molecule has 0 bridgehead atoms. The Morgan fingerprint density at radius 3 is 2.76 bits per heavy atom. The number of hydrogen-bond donors (Lipinski definition) is 1. The van der Waals surface area contributed by atoms with E-state index >= 15 is 0 Å². The van der Waals surface area contributed by atoms with Gasteiger partial charge in [0.2, 0.25) is 0 Å². The van der Waals surface area contributed by atoms with Crippen LogP contribution >= 0.6 is 0 Å². The summed E-state index contributed by atoms with van der Waals surface area (Å²) < 4.78 is 11.0. The lowest BCUT2D eigenvalue weighted by molar-refractivity contribution is -0.0251. The predicted octanol–water partition coefficient (Wildman–Crippen LogP) is 2.26. The van der Waals surface area contributed by atoms with Gasteiger partial charge < -0.3 is 15.2 Å². The van der Waals surface area contributed by atoms with E-state index in [1.54, 1.807) is 7.11 Å². The molecular weight excluding hydrogens is 214 g/mol. The van der Waals surface area contributed by atoms with Crippen LogP contribution in [-0.2, 0) is 16.1 Å². The molecule has 1 aromatic carbocycles. The van der Waals surface area contributed by atoms with E-state index in [1.807, 2.05) is 0 Å². The van der Waals surface area contributed by atoms with Crippen LogP contribution in [-0.4, -0.2) is 20.3 Å². The highest BCUT2D eigenvalue weighted by Gasteiger charge is 2.25. The van der Waals surface area contributed by atoms with E-state index < -0.39 is 0 Å². The minimum absolute atomic E-state index is 0.172. The Balaban J connectivity index is 2.09. The monoisotopic (exact) mass is 235 g/mol. The quantitative estimate of drug-likeness (QED) is 0.870. The average Bonchev–Trinajstić information content (AvgIpc) is 2.40. The fraction of sp³-hybridized carbons (Fsp3) is 0.571. The van der Waals surface area contributed by atoms with Crippen molar-refractivity contribution in [3.8, 4) is 0 Å². The lowest BCUT2D eigenvalue weighted by Crippen LogP contribution is -2.28. The molecule has 1 aliphatic heterocycles. The van der Waals surface area contributed by atoms with Crippen LogP contribution in [0, 0.1) is 5.92 Å². The van der Waals surface area contributed by atoms with Gasteiger partial charge in [0.05, 0.1) is 12.7 Å². The third kappa shape index (κ3) is 3.06. The maximum absolute atomic E-state index is 5.86. The van der Waals surface area contributed by atoms with Gasteiger partial charge in [-0.25, -0.2) is 0 Å². The van der Waals surface area contributed by atoms with E-state index in [2.05, 4.69) is 24.3 Å². The summed E-state index contributed by atoms with van der Waals surface area (Å²) in [6, 6.07) is 8.47. The summed E-state index contributed by atoms with van der Waals surface area (Å²) in [7, 11) is 1.71. The molecule has 0 saturated carbocycles. The van der Waals surface area contributed by atoms with Gasteiger partial charge >= 0.3 is 0 Å². The second-order valence-corrected chi connectivity index (χ2v) is 4.60. The Morgan fingerprint density at radius 1 is 1.35 bits per heavy atom. The third-order valence-electron chi connectivity index (χ3n) is 3.37. The summed E-state index contributed by atoms with van der Waals surface area (Å²) in [4.78, 5) is 0. The average molecular weight is 235 g/mol. The first-order chi connectivity index (χ1) is 8.35. The summed E-state index contributed by atoms with van der Waals surface area (Å²) in [6.45, 7) is 2.21. The Bertz CT molecular complexity index is 337. The van der Waals surface area contributed by atoms with E-state index in [1.165, 1.54) is 17.5 Å². The van der Waals surface area contributed by atoms with E-state index in [4.69, 9.17) is 15.2 Å². The largest absolute Gasteiger partial charge is 0.380 e. The van der Waals surface area contributed by atoms with Gasteiger partial charge in [-0.05, 0) is 30.5 Å². The molecule has 17 heavy (non-hydrogen) atoms. The van der Waals surface area contributed by atoms with Crippen LogP contribution in [0.15, 0.2) is 24.3 Å². The normalized spacial score (nSPS) is 24.8. The van der Waals surface area contributed by atoms with Crippen LogP contribution in [0.25, 0.3) is 0 Å². The van der Waals surface area contributed by atoms with Crippen LogP contribution in [0.5, 0.6) is 0 Å². The number of ether oxygens (including phenoxy) is 2. The van der Waals surface area contributed by atoms with Crippen molar-refractivity contribution in [1.29, 1.82) is 0 Å². The van der Waals surface area contributed by atoms with Crippen LogP contribution in [0.1, 0.15) is 30.1 Å². The molecule has 1 heterocycles. The van der Waals surface area contributed by atoms with Crippen LogP contribution in [0.3, 0.4) is 0 Å². The summed E-state index contributed by atoms with van der Waals surface area (Å²) in [5.74, 6) is 0.456. The summed E-state index contributed by atoms with van der Waals surface area (Å²) in [5, 5.41) is 0. The highest BCUT2D eigenvalue weighted by Crippen LogP contribution is 2.32. The van der Waals surface area contributed by atoms with Gasteiger partial charge in [-0.15, -0.1) is 0 Å². The number of methoxy groups -OCH3 is 1. The van der Waals surface area contributed by atoms with Gasteiger partial charge in [0.15, 0.2) is 0 Å². The fourth-order valence-electron chi connectivity index (χ4n) is 2.42. The van der Waals surface area contributed by atoms with Crippen molar-refractivity contribution in [2.45, 2.75) is 25.6 Å². The zero-order valence-electron chi connectivity index (χ0n) is 10.4. The molecule has 2 rings (SSSR count). The molecule has 0 spiro atoms. The van der Waals surface area contributed by atoms with E-state index in [-0.39, 0.29) is 6.10 Å². The van der Waals surface area contributed by atoms with Gasteiger partial charge in [-0.3, -0.25) is 0 Å². The first-order valence-electron chi connectivity index (χ1n) is 6.24. The number of hydrogen-bond acceptors (Lipinski definition) is 3. The molecule has 94 valence electrons. The van der Waals surface area contributed by atoms with Gasteiger partial charge in [0.1, 0.15) is 0 Å². The summed E-state index contributed by atoms with van der Waals surface area (Å²) in [5.41, 5.74) is 8.24. The zero-order valence-corrected chi connectivity index (χ0v) is 10.4. The van der Waals surface area contributed by atoms with Crippen LogP contribution < -0.4 is 5.73 Å². The minimum atomic E-state index is 0.172. The van der Waals surface area contributed by atoms with E-state index in [9.17, 15) is 0 Å². The Morgan fingerprint density at radius 2 is 2.12 bits per heavy atom. The predicted molar refractivity (Wildman–Crippen MR) is 67.6 cm³/mol. The second kappa shape index (κ2) is 6.15. The van der Waals surface area contributed by atoms with Crippen LogP contribution in [0.2, 0.25) is 0 Å². The molecule has 3 nitrogen and oxygen atoms in total. The number of nitrogens with two attached hydrogens (primary N) is 1. The molecule has 3 heteroatoms. The molecule has 2 atom stereocenters. The standard InChI is InChI=1S/C14H21NO2/c1-16-10-11-4-6-12(7-5-11)14-13(9-15)3-2-8-17-14/h4-7,13-14H,2-3,8-10,15H2,1H3. The maximum Gasteiger partial charge on any atom is 0.0865 e. The van der Waals surface area contributed by atoms with Crippen molar-refractivity contribution < 1.29 is 9.47 Å². The van der Waals surface area contributed by atoms with Crippen molar-refractivity contribution in [3.63, 3.8) is 0 Å². The Kier molecular flexibility index (Phi) is 4.54. The SMILES string of the molecule is COCc1ccc(C2OCCCC2CN)cc1. The Labute approximate surface area is 103 Å². The molecule has 1 aromatic rings. The molecule has 0 radical (unpaired) electrons. The third-order valence-corrected chi connectivity index (χ3v) is 3.37. The molecule has 1 saturated heterocycles. The molecular formula is C14H21NO2. The topological polar surface area (TPSA) is 44.5 Å². The molecule has 0 aromatic heterocycles. The molecule has 1 fully saturated rings. The molecule has 2 unspecified atom stereocenters. The first kappa shape index (κ1) is 12.6. The van der Waals surface area contributed by atoms with Crippen molar-refractivity contribution in [2.75, 3.05) is 20.3 Å². The lowest BCUT2D eigenvalue weighted by Gasteiger charge is -2.31. The molecule has 0 amide bonds. The second-order valence-electron chi connectivity index (χ2n) is 4.60. The minimum Gasteiger partial charge on any atom is -0.380 e. The summed E-state index contributed by atoms with van der Waals surface area (Å²) >= 11 is 0. The fourth-order valence-corrected chi connectivity index (χ4v) is 2.42. The van der Waals surface area contributed by atoms with Gasteiger partial charge in [0.25, 0.3) is 0 Å². The number of benzene rings is 1. The van der Waals surface area contributed by atoms with Crippen molar-refractivity contribution in [3.05, 3.63) is 35.4 Å². The van der Waals surface area contributed by atoms with E-state index in [0.29, 0.717) is 19.1 Å². The molecule has 1 aliphatic rings. The van der Waals surface area contributed by atoms with E-state index in [0.717, 1.165) is 13.0 Å².